The summed E-state index contributed by atoms with van der Waals surface area (Å²) in [5.74, 6) is 0.969. The van der Waals surface area contributed by atoms with Gasteiger partial charge in [0, 0.05) is 36.7 Å². The van der Waals surface area contributed by atoms with Gasteiger partial charge in [-0.15, -0.1) is 0 Å². The first-order chi connectivity index (χ1) is 9.63. The smallest absolute Gasteiger partial charge is 0.231 e. The number of rotatable bonds is 5. The monoisotopic (exact) mass is 307 g/mol. The fourth-order valence-electron chi connectivity index (χ4n) is 1.80. The summed E-state index contributed by atoms with van der Waals surface area (Å²) >= 11 is 3.19. The van der Waals surface area contributed by atoms with Crippen molar-refractivity contribution in [3.63, 3.8) is 0 Å². The normalized spacial score (nSPS) is 12.2. The topological polar surface area (TPSA) is 46.1 Å². The van der Waals surface area contributed by atoms with Crippen LogP contribution in [0.5, 0.6) is 0 Å². The lowest BCUT2D eigenvalue weighted by molar-refractivity contribution is -0.120. The molecular formula is C14H17N3OS2. The Hall–Kier alpha value is -1.40. The van der Waals surface area contributed by atoms with Gasteiger partial charge < -0.3 is 4.90 Å². The highest BCUT2D eigenvalue weighted by atomic mass is 32.2. The molecule has 1 amide bonds. The summed E-state index contributed by atoms with van der Waals surface area (Å²) in [6.45, 7) is 1.96. The Balaban J connectivity index is 2.14. The molecule has 4 nitrogen and oxygen atoms in total. The van der Waals surface area contributed by atoms with E-state index in [-0.39, 0.29) is 11.8 Å². The molecule has 2 aromatic rings. The van der Waals surface area contributed by atoms with Gasteiger partial charge in [0.1, 0.15) is 10.0 Å². The van der Waals surface area contributed by atoms with Crippen molar-refractivity contribution in [1.82, 2.24) is 9.97 Å². The second-order valence-corrected chi connectivity index (χ2v) is 6.42. The number of carbonyl (C=O) groups excluding carboxylic acids is 1. The Morgan fingerprint density at radius 2 is 2.30 bits per heavy atom. The van der Waals surface area contributed by atoms with E-state index in [0.717, 1.165) is 21.3 Å². The number of nitrogens with zero attached hydrogens (tertiary/aromatic N) is 3. The molecule has 0 aliphatic rings. The molecule has 0 saturated heterocycles. The van der Waals surface area contributed by atoms with Crippen molar-refractivity contribution in [2.75, 3.05) is 24.0 Å². The van der Waals surface area contributed by atoms with Crippen LogP contribution >= 0.6 is 23.1 Å². The van der Waals surface area contributed by atoms with E-state index in [1.54, 1.807) is 42.3 Å². The number of thiazole rings is 1. The van der Waals surface area contributed by atoms with Gasteiger partial charge in [0.05, 0.1) is 6.20 Å². The maximum Gasteiger partial charge on any atom is 0.231 e. The summed E-state index contributed by atoms with van der Waals surface area (Å²) < 4.78 is 0. The lowest BCUT2D eigenvalue weighted by Crippen LogP contribution is -2.32. The third kappa shape index (κ3) is 3.37. The number of carbonyl (C=O) groups is 1. The summed E-state index contributed by atoms with van der Waals surface area (Å²) in [6.07, 6.45) is 7.27. The Morgan fingerprint density at radius 1 is 1.50 bits per heavy atom. The number of amides is 1. The third-order valence-corrected chi connectivity index (χ3v) is 4.86. The molecule has 2 rings (SSSR count). The molecule has 0 N–H and O–H groups in total. The van der Waals surface area contributed by atoms with Gasteiger partial charge in [0.15, 0.2) is 0 Å². The second kappa shape index (κ2) is 6.85. The Bertz CT molecular complexity index is 571. The molecule has 0 spiro atoms. The minimum absolute atomic E-state index is 0.0129. The average molecular weight is 307 g/mol. The molecule has 20 heavy (non-hydrogen) atoms. The van der Waals surface area contributed by atoms with Crippen LogP contribution < -0.4 is 4.90 Å². The molecular weight excluding hydrogens is 290 g/mol. The predicted molar refractivity (Wildman–Crippen MR) is 86.3 cm³/mol. The van der Waals surface area contributed by atoms with Gasteiger partial charge in [0.2, 0.25) is 5.91 Å². The molecule has 0 radical (unpaired) electrons. The van der Waals surface area contributed by atoms with Crippen molar-refractivity contribution in [2.45, 2.75) is 6.92 Å². The van der Waals surface area contributed by atoms with E-state index in [4.69, 9.17) is 0 Å². The van der Waals surface area contributed by atoms with Crippen LogP contribution in [-0.4, -0.2) is 34.9 Å². The average Bonchev–Trinajstić information content (AvgIpc) is 2.96. The molecule has 6 heteroatoms. The van der Waals surface area contributed by atoms with Crippen LogP contribution in [0.25, 0.3) is 10.6 Å². The predicted octanol–water partition coefficient (Wildman–Crippen LogP) is 3.17. The van der Waals surface area contributed by atoms with Crippen LogP contribution in [0.3, 0.4) is 0 Å². The van der Waals surface area contributed by atoms with Crippen LogP contribution in [0, 0.1) is 5.92 Å². The molecule has 0 saturated carbocycles. The van der Waals surface area contributed by atoms with E-state index in [1.807, 2.05) is 25.3 Å². The quantitative estimate of drug-likeness (QED) is 0.851. The second-order valence-electron chi connectivity index (χ2n) is 4.50. The van der Waals surface area contributed by atoms with Gasteiger partial charge in [-0.25, -0.2) is 4.98 Å². The molecule has 1 unspecified atom stereocenters. The largest absolute Gasteiger partial charge is 0.305 e. The van der Waals surface area contributed by atoms with Crippen LogP contribution in [0.2, 0.25) is 0 Å². The van der Waals surface area contributed by atoms with Crippen LogP contribution in [-0.2, 0) is 4.79 Å². The summed E-state index contributed by atoms with van der Waals surface area (Å²) in [6, 6.07) is 3.85. The van der Waals surface area contributed by atoms with Gasteiger partial charge in [0.25, 0.3) is 0 Å². The van der Waals surface area contributed by atoms with Gasteiger partial charge >= 0.3 is 0 Å². The van der Waals surface area contributed by atoms with Crippen LogP contribution in [0.15, 0.2) is 30.7 Å². The van der Waals surface area contributed by atoms with E-state index in [1.165, 1.54) is 11.3 Å². The molecule has 2 aromatic heterocycles. The van der Waals surface area contributed by atoms with Crippen LogP contribution in [0.1, 0.15) is 6.92 Å². The van der Waals surface area contributed by atoms with E-state index in [2.05, 4.69) is 9.97 Å². The highest BCUT2D eigenvalue weighted by molar-refractivity contribution is 7.98. The highest BCUT2D eigenvalue weighted by Crippen LogP contribution is 2.30. The zero-order chi connectivity index (χ0) is 14.5. The molecule has 1 atom stereocenters. The Kier molecular flexibility index (Phi) is 5.14. The molecule has 0 aliphatic carbocycles. The Labute approximate surface area is 127 Å². The first-order valence-electron chi connectivity index (χ1n) is 6.26. The fraction of sp³-hybridized carbons (Fsp3) is 0.357. The number of pyridine rings is 1. The van der Waals surface area contributed by atoms with E-state index >= 15 is 0 Å². The standard InChI is InChI=1S/C14H17N3OS2/c1-10(9-19-3)14(18)17(2)12-8-16-13(20-12)11-5-4-6-15-7-11/h4-8,10H,9H2,1-3H3. The van der Waals surface area contributed by atoms with Gasteiger partial charge in [-0.2, -0.15) is 11.8 Å². The van der Waals surface area contributed by atoms with E-state index in [0.29, 0.717) is 0 Å². The molecule has 0 bridgehead atoms. The van der Waals surface area contributed by atoms with Crippen molar-refractivity contribution < 1.29 is 4.79 Å². The van der Waals surface area contributed by atoms with Crippen molar-refractivity contribution in [1.29, 1.82) is 0 Å². The van der Waals surface area contributed by atoms with Gasteiger partial charge in [-0.3, -0.25) is 9.78 Å². The maximum absolute atomic E-state index is 12.3. The molecule has 2 heterocycles. The van der Waals surface area contributed by atoms with Crippen LogP contribution in [0.4, 0.5) is 5.00 Å². The maximum atomic E-state index is 12.3. The Morgan fingerprint density at radius 3 is 2.95 bits per heavy atom. The van der Waals surface area contributed by atoms with Crippen molar-refractivity contribution in [3.05, 3.63) is 30.7 Å². The number of thioether (sulfide) groups is 1. The SMILES string of the molecule is CSCC(C)C(=O)N(C)c1cnc(-c2cccnc2)s1. The van der Waals surface area contributed by atoms with E-state index in [9.17, 15) is 4.79 Å². The minimum Gasteiger partial charge on any atom is -0.305 e. The number of hydrogen-bond donors (Lipinski definition) is 0. The van der Waals surface area contributed by atoms with Gasteiger partial charge in [-0.1, -0.05) is 18.3 Å². The zero-order valence-electron chi connectivity index (χ0n) is 11.7. The van der Waals surface area contributed by atoms with Gasteiger partial charge in [-0.05, 0) is 18.4 Å². The summed E-state index contributed by atoms with van der Waals surface area (Å²) in [5.41, 5.74) is 0.974. The number of hydrogen-bond acceptors (Lipinski definition) is 5. The van der Waals surface area contributed by atoms with Crippen molar-refractivity contribution in [3.8, 4) is 10.6 Å². The van der Waals surface area contributed by atoms with E-state index < -0.39 is 0 Å². The number of aromatic nitrogens is 2. The van der Waals surface area contributed by atoms with Crippen molar-refractivity contribution in [2.24, 2.45) is 5.92 Å². The summed E-state index contributed by atoms with van der Waals surface area (Å²) in [7, 11) is 1.81. The lowest BCUT2D eigenvalue weighted by Gasteiger charge is -2.18. The molecule has 0 fully saturated rings. The highest BCUT2D eigenvalue weighted by Gasteiger charge is 2.20. The lowest BCUT2D eigenvalue weighted by atomic mass is 10.2. The first-order valence-corrected chi connectivity index (χ1v) is 8.47. The minimum atomic E-state index is 0.0129. The zero-order valence-corrected chi connectivity index (χ0v) is 13.4. The molecule has 106 valence electrons. The van der Waals surface area contributed by atoms with Crippen molar-refractivity contribution >= 4 is 34.0 Å². The fourth-order valence-corrected chi connectivity index (χ4v) is 3.32. The summed E-state index contributed by atoms with van der Waals surface area (Å²) in [5, 5.41) is 1.74. The molecule has 0 aliphatic heterocycles. The number of anilines is 1. The summed E-state index contributed by atoms with van der Waals surface area (Å²) in [4.78, 5) is 22.4. The molecule has 0 aromatic carbocycles. The third-order valence-electron chi connectivity index (χ3n) is 2.90. The first kappa shape index (κ1) is 15.0.